The molecule has 0 saturated heterocycles. The zero-order valence-corrected chi connectivity index (χ0v) is 12.2. The molecule has 1 heterocycles. The monoisotopic (exact) mass is 299 g/mol. The summed E-state index contributed by atoms with van der Waals surface area (Å²) in [5.41, 5.74) is 3.67. The first-order chi connectivity index (χ1) is 10.6. The molecule has 1 aromatic heterocycles. The minimum Gasteiger partial charge on any atom is -0.463 e. The first kappa shape index (κ1) is 15.5. The Bertz CT molecular complexity index is 649. The van der Waals surface area contributed by atoms with Gasteiger partial charge in [-0.2, -0.15) is 5.10 Å². The summed E-state index contributed by atoms with van der Waals surface area (Å²) >= 11 is 0. The average Bonchev–Trinajstić information content (AvgIpc) is 3.06. The van der Waals surface area contributed by atoms with Crippen LogP contribution in [0.3, 0.4) is 0 Å². The Morgan fingerprint density at radius 2 is 1.77 bits per heavy atom. The molecule has 0 aliphatic carbocycles. The summed E-state index contributed by atoms with van der Waals surface area (Å²) in [6.07, 6.45) is 1.69. The van der Waals surface area contributed by atoms with Crippen LogP contribution in [0.1, 0.15) is 25.5 Å². The Kier molecular flexibility index (Phi) is 5.48. The van der Waals surface area contributed by atoms with E-state index in [0.29, 0.717) is 17.2 Å². The van der Waals surface area contributed by atoms with Crippen LogP contribution in [-0.2, 0) is 9.59 Å². The number of para-hydroxylation sites is 1. The summed E-state index contributed by atoms with van der Waals surface area (Å²) in [6.45, 7) is 1.72. The molecule has 2 rings (SSSR count). The van der Waals surface area contributed by atoms with Crippen LogP contribution >= 0.6 is 0 Å². The third kappa shape index (κ3) is 4.90. The van der Waals surface area contributed by atoms with Gasteiger partial charge in [0.15, 0.2) is 0 Å². The minimum absolute atomic E-state index is 0.0631. The molecule has 0 unspecified atom stereocenters. The highest BCUT2D eigenvalue weighted by atomic mass is 16.3. The lowest BCUT2D eigenvalue weighted by atomic mass is 10.2. The lowest BCUT2D eigenvalue weighted by molar-refractivity contribution is -0.124. The van der Waals surface area contributed by atoms with E-state index in [-0.39, 0.29) is 24.7 Å². The molecule has 2 aromatic rings. The zero-order chi connectivity index (χ0) is 15.8. The van der Waals surface area contributed by atoms with E-state index in [9.17, 15) is 9.59 Å². The van der Waals surface area contributed by atoms with Gasteiger partial charge in [-0.3, -0.25) is 9.59 Å². The van der Waals surface area contributed by atoms with E-state index in [4.69, 9.17) is 4.42 Å². The molecular formula is C16H17N3O3. The Hall–Kier alpha value is -2.89. The zero-order valence-electron chi connectivity index (χ0n) is 12.2. The summed E-state index contributed by atoms with van der Waals surface area (Å²) in [6, 6.07) is 12.6. The van der Waals surface area contributed by atoms with Gasteiger partial charge in [0.2, 0.25) is 11.8 Å². The van der Waals surface area contributed by atoms with Gasteiger partial charge in [0.25, 0.3) is 0 Å². The molecule has 0 bridgehead atoms. The molecule has 0 aliphatic heterocycles. The fourth-order valence-corrected chi connectivity index (χ4v) is 1.71. The first-order valence-corrected chi connectivity index (χ1v) is 6.87. The van der Waals surface area contributed by atoms with Crippen LogP contribution in [0.5, 0.6) is 0 Å². The maximum Gasteiger partial charge on any atom is 0.240 e. The largest absolute Gasteiger partial charge is 0.463 e. The van der Waals surface area contributed by atoms with E-state index in [2.05, 4.69) is 15.8 Å². The number of furan rings is 1. The van der Waals surface area contributed by atoms with Crippen LogP contribution in [0.15, 0.2) is 58.2 Å². The quantitative estimate of drug-likeness (QED) is 0.635. The second-order valence-electron chi connectivity index (χ2n) is 4.62. The lowest BCUT2D eigenvalue weighted by Gasteiger charge is -2.04. The van der Waals surface area contributed by atoms with Crippen molar-refractivity contribution in [2.45, 2.75) is 19.8 Å². The molecule has 1 aromatic carbocycles. The third-order valence-electron chi connectivity index (χ3n) is 2.86. The second kappa shape index (κ2) is 7.78. The molecule has 2 amide bonds. The Morgan fingerprint density at radius 1 is 1.05 bits per heavy atom. The van der Waals surface area contributed by atoms with Gasteiger partial charge in [-0.15, -0.1) is 0 Å². The normalized spacial score (nSPS) is 11.0. The number of hydrogen-bond donors (Lipinski definition) is 2. The van der Waals surface area contributed by atoms with E-state index in [1.807, 2.05) is 18.2 Å². The molecule has 0 spiro atoms. The van der Waals surface area contributed by atoms with Crippen molar-refractivity contribution in [3.05, 3.63) is 54.5 Å². The number of benzene rings is 1. The highest BCUT2D eigenvalue weighted by Crippen LogP contribution is 2.06. The van der Waals surface area contributed by atoms with Crippen molar-refractivity contribution in [1.29, 1.82) is 0 Å². The third-order valence-corrected chi connectivity index (χ3v) is 2.86. The van der Waals surface area contributed by atoms with Gasteiger partial charge in [0.05, 0.1) is 6.26 Å². The maximum atomic E-state index is 11.7. The highest BCUT2D eigenvalue weighted by molar-refractivity contribution is 5.97. The summed E-state index contributed by atoms with van der Waals surface area (Å²) in [7, 11) is 0. The van der Waals surface area contributed by atoms with Gasteiger partial charge in [-0.1, -0.05) is 18.2 Å². The number of hydrazone groups is 1. The molecule has 0 fully saturated rings. The number of nitrogens with zero attached hydrogens (tertiary/aromatic N) is 1. The predicted octanol–water partition coefficient (Wildman–Crippen LogP) is 2.54. The molecule has 0 saturated carbocycles. The molecule has 6 heteroatoms. The van der Waals surface area contributed by atoms with Crippen LogP contribution in [0.4, 0.5) is 5.69 Å². The number of carbonyl (C=O) groups is 2. The smallest absolute Gasteiger partial charge is 0.240 e. The van der Waals surface area contributed by atoms with Crippen molar-refractivity contribution in [3.63, 3.8) is 0 Å². The lowest BCUT2D eigenvalue weighted by Crippen LogP contribution is -2.21. The number of carbonyl (C=O) groups excluding carboxylic acids is 2. The van der Waals surface area contributed by atoms with Crippen molar-refractivity contribution in [2.24, 2.45) is 5.10 Å². The highest BCUT2D eigenvalue weighted by Gasteiger charge is 2.07. The van der Waals surface area contributed by atoms with Gasteiger partial charge in [0, 0.05) is 18.5 Å². The summed E-state index contributed by atoms with van der Waals surface area (Å²) in [5.74, 6) is 0.0457. The van der Waals surface area contributed by atoms with Gasteiger partial charge in [-0.05, 0) is 31.2 Å². The van der Waals surface area contributed by atoms with E-state index in [1.165, 1.54) is 6.26 Å². The van der Waals surface area contributed by atoms with Crippen molar-refractivity contribution in [3.8, 4) is 0 Å². The van der Waals surface area contributed by atoms with Crippen molar-refractivity contribution < 1.29 is 14.0 Å². The molecule has 0 atom stereocenters. The molecule has 114 valence electrons. The first-order valence-electron chi connectivity index (χ1n) is 6.87. The van der Waals surface area contributed by atoms with Crippen LogP contribution in [0, 0.1) is 0 Å². The topological polar surface area (TPSA) is 83.7 Å². The van der Waals surface area contributed by atoms with E-state index in [0.717, 1.165) is 0 Å². The fourth-order valence-electron chi connectivity index (χ4n) is 1.71. The van der Waals surface area contributed by atoms with Crippen LogP contribution in [0.2, 0.25) is 0 Å². The van der Waals surface area contributed by atoms with E-state index >= 15 is 0 Å². The standard InChI is InChI=1S/C16H17N3O3/c1-12(14-8-5-11-22-14)18-19-16(21)10-9-15(20)17-13-6-3-2-4-7-13/h2-8,11H,9-10H2,1H3,(H,17,20)(H,19,21). The number of anilines is 1. The number of nitrogens with one attached hydrogen (secondary N) is 2. The molecule has 0 aliphatic rings. The fraction of sp³-hybridized carbons (Fsp3) is 0.188. The molecule has 22 heavy (non-hydrogen) atoms. The Balaban J connectivity index is 1.73. The molecular weight excluding hydrogens is 282 g/mol. The number of hydrogen-bond acceptors (Lipinski definition) is 4. The van der Waals surface area contributed by atoms with Crippen molar-refractivity contribution >= 4 is 23.2 Å². The van der Waals surface area contributed by atoms with Gasteiger partial charge >= 0.3 is 0 Å². The SMILES string of the molecule is CC(=NNC(=O)CCC(=O)Nc1ccccc1)c1ccco1. The molecule has 2 N–H and O–H groups in total. The van der Waals surface area contributed by atoms with Crippen molar-refractivity contribution in [1.82, 2.24) is 5.43 Å². The predicted molar refractivity (Wildman–Crippen MR) is 83.4 cm³/mol. The average molecular weight is 299 g/mol. The van der Waals surface area contributed by atoms with E-state index < -0.39 is 0 Å². The second-order valence-corrected chi connectivity index (χ2v) is 4.62. The van der Waals surface area contributed by atoms with Gasteiger partial charge in [0.1, 0.15) is 11.5 Å². The van der Waals surface area contributed by atoms with Gasteiger partial charge < -0.3 is 9.73 Å². The molecule has 6 nitrogen and oxygen atoms in total. The van der Waals surface area contributed by atoms with Crippen LogP contribution < -0.4 is 10.7 Å². The van der Waals surface area contributed by atoms with Crippen LogP contribution in [0.25, 0.3) is 0 Å². The maximum absolute atomic E-state index is 11.7. The Morgan fingerprint density at radius 3 is 2.45 bits per heavy atom. The summed E-state index contributed by atoms with van der Waals surface area (Å²) in [4.78, 5) is 23.3. The minimum atomic E-state index is -0.325. The van der Waals surface area contributed by atoms with Gasteiger partial charge in [-0.25, -0.2) is 5.43 Å². The number of amides is 2. The van der Waals surface area contributed by atoms with E-state index in [1.54, 1.807) is 31.2 Å². The molecule has 0 radical (unpaired) electrons. The summed E-state index contributed by atoms with van der Waals surface area (Å²) in [5, 5.41) is 6.63. The Labute approximate surface area is 128 Å². The number of rotatable bonds is 6. The van der Waals surface area contributed by atoms with Crippen molar-refractivity contribution in [2.75, 3.05) is 5.32 Å². The van der Waals surface area contributed by atoms with Crippen LogP contribution in [-0.4, -0.2) is 17.5 Å². The summed E-state index contributed by atoms with van der Waals surface area (Å²) < 4.78 is 5.15.